The Hall–Kier alpha value is -1.07. The summed E-state index contributed by atoms with van der Waals surface area (Å²) in [6.07, 6.45) is 1.18. The molecule has 0 aromatic heterocycles. The third-order valence-corrected chi connectivity index (χ3v) is 4.98. The zero-order chi connectivity index (χ0) is 13.8. The van der Waals surface area contributed by atoms with Gasteiger partial charge >= 0.3 is 0 Å². The van der Waals surface area contributed by atoms with Crippen LogP contribution < -0.4 is 10.6 Å². The van der Waals surface area contributed by atoms with Crippen molar-refractivity contribution in [3.8, 4) is 0 Å². The monoisotopic (exact) mass is 299 g/mol. The molecule has 0 saturated carbocycles. The quantitative estimate of drug-likeness (QED) is 0.390. The molecular formula is C13H18ClN3OS. The fraction of sp³-hybridized carbons (Fsp3) is 0.462. The smallest absolute Gasteiger partial charge is 0.171 e. The number of nitrogens with zero attached hydrogens (tertiary/aromatic N) is 2. The van der Waals surface area contributed by atoms with E-state index in [9.17, 15) is 0 Å². The number of hydrogen-bond donors (Lipinski definition) is 2. The fourth-order valence-electron chi connectivity index (χ4n) is 2.16. The Morgan fingerprint density at radius 2 is 2.42 bits per heavy atom. The summed E-state index contributed by atoms with van der Waals surface area (Å²) in [5.41, 5.74) is 7.22. The Morgan fingerprint density at radius 3 is 3.05 bits per heavy atom. The average molecular weight is 300 g/mol. The van der Waals surface area contributed by atoms with Gasteiger partial charge in [0.2, 0.25) is 0 Å². The number of rotatable bonds is 3. The van der Waals surface area contributed by atoms with E-state index < -0.39 is 0 Å². The largest absolute Gasteiger partial charge is 0.409 e. The predicted octanol–water partition coefficient (Wildman–Crippen LogP) is 2.77. The Balaban J connectivity index is 2.20. The molecule has 1 unspecified atom stereocenters. The molecule has 1 aromatic rings. The summed E-state index contributed by atoms with van der Waals surface area (Å²) in [5, 5.41) is 12.9. The van der Waals surface area contributed by atoms with Crippen LogP contribution in [0.1, 0.15) is 18.9 Å². The summed E-state index contributed by atoms with van der Waals surface area (Å²) < 4.78 is 0. The van der Waals surface area contributed by atoms with E-state index in [4.69, 9.17) is 22.5 Å². The zero-order valence-electron chi connectivity index (χ0n) is 10.8. The first-order valence-electron chi connectivity index (χ1n) is 6.29. The van der Waals surface area contributed by atoms with Crippen LogP contribution in [-0.4, -0.2) is 35.1 Å². The summed E-state index contributed by atoms with van der Waals surface area (Å²) in [5.74, 6) is 1.18. The molecule has 1 heterocycles. The molecule has 0 radical (unpaired) electrons. The van der Waals surface area contributed by atoms with Gasteiger partial charge < -0.3 is 15.8 Å². The molecule has 1 aliphatic rings. The minimum Gasteiger partial charge on any atom is -0.409 e. The van der Waals surface area contributed by atoms with E-state index in [-0.39, 0.29) is 5.84 Å². The van der Waals surface area contributed by atoms with Crippen molar-refractivity contribution in [1.82, 2.24) is 0 Å². The number of thioether (sulfide) groups is 1. The SMILES string of the molecule is CCC1CN(c2ccc(/C(N)=N/O)c(Cl)c2)CCS1. The molecule has 1 saturated heterocycles. The topological polar surface area (TPSA) is 61.8 Å². The molecule has 0 aliphatic carbocycles. The molecule has 1 fully saturated rings. The van der Waals surface area contributed by atoms with Gasteiger partial charge in [0.1, 0.15) is 0 Å². The lowest BCUT2D eigenvalue weighted by Crippen LogP contribution is -2.37. The van der Waals surface area contributed by atoms with Crippen LogP contribution in [-0.2, 0) is 0 Å². The molecule has 19 heavy (non-hydrogen) atoms. The van der Waals surface area contributed by atoms with E-state index in [0.717, 1.165) is 24.5 Å². The molecule has 0 amide bonds. The minimum atomic E-state index is 0.0391. The van der Waals surface area contributed by atoms with E-state index in [1.165, 1.54) is 6.42 Å². The summed E-state index contributed by atoms with van der Waals surface area (Å²) in [4.78, 5) is 2.34. The Kier molecular flexibility index (Phi) is 4.82. The molecule has 0 bridgehead atoms. The second-order valence-electron chi connectivity index (χ2n) is 4.50. The van der Waals surface area contributed by atoms with Crippen molar-refractivity contribution in [3.05, 3.63) is 28.8 Å². The van der Waals surface area contributed by atoms with Crippen molar-refractivity contribution >= 4 is 34.9 Å². The maximum absolute atomic E-state index is 8.69. The zero-order valence-corrected chi connectivity index (χ0v) is 12.4. The number of nitrogens with two attached hydrogens (primary N) is 1. The second-order valence-corrected chi connectivity index (χ2v) is 6.31. The highest BCUT2D eigenvalue weighted by Gasteiger charge is 2.20. The Morgan fingerprint density at radius 1 is 1.63 bits per heavy atom. The van der Waals surface area contributed by atoms with Gasteiger partial charge in [-0.2, -0.15) is 11.8 Å². The molecule has 3 N–H and O–H groups in total. The first-order chi connectivity index (χ1) is 9.15. The molecule has 0 spiro atoms. The highest BCUT2D eigenvalue weighted by Crippen LogP contribution is 2.28. The van der Waals surface area contributed by atoms with Gasteiger partial charge in [-0.25, -0.2) is 0 Å². The van der Waals surface area contributed by atoms with Crippen LogP contribution in [0.3, 0.4) is 0 Å². The molecule has 6 heteroatoms. The van der Waals surface area contributed by atoms with E-state index in [2.05, 4.69) is 17.0 Å². The number of anilines is 1. The number of benzene rings is 1. The number of halogens is 1. The van der Waals surface area contributed by atoms with Gasteiger partial charge in [0, 0.05) is 35.3 Å². The molecule has 1 aliphatic heterocycles. The van der Waals surface area contributed by atoms with Gasteiger partial charge in [-0.15, -0.1) is 0 Å². The lowest BCUT2D eigenvalue weighted by molar-refractivity contribution is 0.318. The van der Waals surface area contributed by atoms with Crippen molar-refractivity contribution in [1.29, 1.82) is 0 Å². The van der Waals surface area contributed by atoms with Gasteiger partial charge in [0.15, 0.2) is 5.84 Å². The Labute approximate surface area is 122 Å². The molecule has 104 valence electrons. The maximum atomic E-state index is 8.69. The van der Waals surface area contributed by atoms with Crippen LogP contribution in [0.25, 0.3) is 0 Å². The molecular weight excluding hydrogens is 282 g/mol. The number of amidine groups is 1. The summed E-state index contributed by atoms with van der Waals surface area (Å²) >= 11 is 8.22. The van der Waals surface area contributed by atoms with Crippen LogP contribution in [0, 0.1) is 0 Å². The number of oxime groups is 1. The molecule has 2 rings (SSSR count). The van der Waals surface area contributed by atoms with Crippen LogP contribution >= 0.6 is 23.4 Å². The number of hydrogen-bond acceptors (Lipinski definition) is 4. The minimum absolute atomic E-state index is 0.0391. The maximum Gasteiger partial charge on any atom is 0.171 e. The van der Waals surface area contributed by atoms with Crippen molar-refractivity contribution in [2.24, 2.45) is 10.9 Å². The van der Waals surface area contributed by atoms with Crippen LogP contribution in [0.4, 0.5) is 5.69 Å². The van der Waals surface area contributed by atoms with Crippen molar-refractivity contribution in [3.63, 3.8) is 0 Å². The summed E-state index contributed by atoms with van der Waals surface area (Å²) in [6.45, 7) is 4.29. The summed E-state index contributed by atoms with van der Waals surface area (Å²) in [7, 11) is 0. The highest BCUT2D eigenvalue weighted by molar-refractivity contribution is 8.00. The lowest BCUT2D eigenvalue weighted by atomic mass is 10.1. The van der Waals surface area contributed by atoms with Crippen LogP contribution in [0.15, 0.2) is 23.4 Å². The van der Waals surface area contributed by atoms with Gasteiger partial charge in [-0.3, -0.25) is 0 Å². The van der Waals surface area contributed by atoms with E-state index in [1.54, 1.807) is 6.07 Å². The van der Waals surface area contributed by atoms with E-state index >= 15 is 0 Å². The summed E-state index contributed by atoms with van der Waals surface area (Å²) in [6, 6.07) is 5.66. The molecule has 4 nitrogen and oxygen atoms in total. The highest BCUT2D eigenvalue weighted by atomic mass is 35.5. The van der Waals surface area contributed by atoms with Crippen molar-refractivity contribution in [2.75, 3.05) is 23.7 Å². The molecule has 1 atom stereocenters. The predicted molar refractivity (Wildman–Crippen MR) is 82.7 cm³/mol. The van der Waals surface area contributed by atoms with E-state index in [1.807, 2.05) is 23.9 Å². The van der Waals surface area contributed by atoms with Gasteiger partial charge in [-0.1, -0.05) is 23.7 Å². The first-order valence-corrected chi connectivity index (χ1v) is 7.72. The normalized spacial score (nSPS) is 20.6. The van der Waals surface area contributed by atoms with E-state index in [0.29, 0.717) is 15.8 Å². The Bertz CT molecular complexity index is 481. The standard InChI is InChI=1S/C13H18ClN3OS/c1-2-10-8-17(5-6-19-10)9-3-4-11(12(14)7-9)13(15)16-18/h3-4,7,10,18H,2,5-6,8H2,1H3,(H2,15,16). The van der Waals surface area contributed by atoms with Gasteiger partial charge in [0.25, 0.3) is 0 Å². The van der Waals surface area contributed by atoms with Crippen molar-refractivity contribution < 1.29 is 5.21 Å². The molecule has 1 aromatic carbocycles. The van der Waals surface area contributed by atoms with Crippen LogP contribution in [0.2, 0.25) is 5.02 Å². The van der Waals surface area contributed by atoms with Gasteiger partial charge in [0.05, 0.1) is 5.02 Å². The fourth-order valence-corrected chi connectivity index (χ4v) is 3.61. The second kappa shape index (κ2) is 6.39. The van der Waals surface area contributed by atoms with Crippen LogP contribution in [0.5, 0.6) is 0 Å². The van der Waals surface area contributed by atoms with Gasteiger partial charge in [-0.05, 0) is 24.6 Å². The third kappa shape index (κ3) is 3.28. The lowest BCUT2D eigenvalue weighted by Gasteiger charge is -2.33. The average Bonchev–Trinajstić information content (AvgIpc) is 2.46. The third-order valence-electron chi connectivity index (χ3n) is 3.30. The van der Waals surface area contributed by atoms with Crippen molar-refractivity contribution in [2.45, 2.75) is 18.6 Å². The first kappa shape index (κ1) is 14.3.